The zero-order chi connectivity index (χ0) is 37.3. The zero-order valence-corrected chi connectivity index (χ0v) is 31.1. The van der Waals surface area contributed by atoms with Crippen LogP contribution in [0.5, 0.6) is 0 Å². The smallest absolute Gasteiger partial charge is 0.0541 e. The highest BCUT2D eigenvalue weighted by atomic mass is 15.1. The Morgan fingerprint density at radius 1 is 0.375 bits per heavy atom. The van der Waals surface area contributed by atoms with Gasteiger partial charge in [-0.15, -0.1) is 0 Å². The molecule has 0 atom stereocenters. The molecule has 0 radical (unpaired) electrons. The van der Waals surface area contributed by atoms with E-state index in [2.05, 4.69) is 228 Å². The fourth-order valence-electron chi connectivity index (χ4n) is 8.28. The maximum atomic E-state index is 2.44. The summed E-state index contributed by atoms with van der Waals surface area (Å²) in [5.41, 5.74) is 16.8. The number of aromatic nitrogens is 1. The number of para-hydroxylation sites is 2. The van der Waals surface area contributed by atoms with Gasteiger partial charge in [0, 0.05) is 33.5 Å². The van der Waals surface area contributed by atoms with Crippen LogP contribution < -0.4 is 4.90 Å². The molecular weight excluding hydrogens is 677 g/mol. The minimum Gasteiger partial charge on any atom is -0.314 e. The molecule has 1 aliphatic carbocycles. The van der Waals surface area contributed by atoms with Crippen LogP contribution in [0.3, 0.4) is 0 Å². The number of fused-ring (bicyclic) bond motifs is 3. The monoisotopic (exact) mass is 716 g/mol. The van der Waals surface area contributed by atoms with E-state index in [0.717, 1.165) is 18.5 Å². The van der Waals surface area contributed by atoms with Crippen LogP contribution >= 0.6 is 0 Å². The Labute approximate surface area is 328 Å². The van der Waals surface area contributed by atoms with Crippen molar-refractivity contribution in [2.75, 3.05) is 4.90 Å². The number of allylic oxidation sites excluding steroid dienone is 4. The molecule has 9 aromatic rings. The molecule has 0 amide bonds. The highest BCUT2D eigenvalue weighted by molar-refractivity contribution is 6.10. The standard InChI is InChI=1S/C54H40N2/c1-5-16-39(17-6-1)42-20-15-21-43(34-42)46-35-45(40-18-7-2-8-19-40)36-50(37-46)56-53-27-14-13-26-51(53)52-38-44(30-33-54(52)56)41-28-31-49(32-29-41)55(47-22-9-3-10-23-47)48-24-11-4-12-25-48/h1-11,13-24,26-38H,12,25H2. The van der Waals surface area contributed by atoms with Crippen molar-refractivity contribution >= 4 is 33.2 Å². The summed E-state index contributed by atoms with van der Waals surface area (Å²) < 4.78 is 2.44. The van der Waals surface area contributed by atoms with E-state index in [1.54, 1.807) is 0 Å². The first-order valence-electron chi connectivity index (χ1n) is 19.5. The van der Waals surface area contributed by atoms with Gasteiger partial charge in [0.25, 0.3) is 0 Å². The van der Waals surface area contributed by atoms with Crippen LogP contribution in [-0.4, -0.2) is 4.57 Å². The number of hydrogen-bond acceptors (Lipinski definition) is 1. The van der Waals surface area contributed by atoms with E-state index in [0.29, 0.717) is 0 Å². The van der Waals surface area contributed by atoms with Crippen molar-refractivity contribution in [3.8, 4) is 50.2 Å². The average Bonchev–Trinajstić information content (AvgIpc) is 3.62. The SMILES string of the molecule is C1=CCCC(N(c2ccccc2)c2ccc(-c3ccc4c(c3)c3ccccc3n4-c3cc(-c4ccccc4)cc(-c4cccc(-c5ccccc5)c4)c3)cc2)=C1. The lowest BCUT2D eigenvalue weighted by atomic mass is 9.95. The molecule has 0 spiro atoms. The van der Waals surface area contributed by atoms with Gasteiger partial charge in [0.05, 0.1) is 11.0 Å². The molecule has 0 unspecified atom stereocenters. The van der Waals surface area contributed by atoms with E-state index in [4.69, 9.17) is 0 Å². The largest absolute Gasteiger partial charge is 0.314 e. The maximum Gasteiger partial charge on any atom is 0.0541 e. The fourth-order valence-corrected chi connectivity index (χ4v) is 8.28. The third kappa shape index (κ3) is 6.32. The minimum atomic E-state index is 1.02. The molecule has 0 saturated carbocycles. The van der Waals surface area contributed by atoms with Gasteiger partial charge in [-0.1, -0.05) is 146 Å². The van der Waals surface area contributed by atoms with Gasteiger partial charge in [0.1, 0.15) is 0 Å². The molecule has 2 heteroatoms. The van der Waals surface area contributed by atoms with Crippen LogP contribution in [0.1, 0.15) is 12.8 Å². The first-order chi connectivity index (χ1) is 27.8. The third-order valence-electron chi connectivity index (χ3n) is 11.0. The first-order valence-corrected chi connectivity index (χ1v) is 19.5. The second-order valence-corrected chi connectivity index (χ2v) is 14.5. The van der Waals surface area contributed by atoms with Gasteiger partial charge < -0.3 is 9.47 Å². The van der Waals surface area contributed by atoms with E-state index < -0.39 is 0 Å². The third-order valence-corrected chi connectivity index (χ3v) is 11.0. The van der Waals surface area contributed by atoms with E-state index in [1.165, 1.54) is 83.4 Å². The van der Waals surface area contributed by atoms with Gasteiger partial charge in [-0.3, -0.25) is 0 Å². The summed E-state index contributed by atoms with van der Waals surface area (Å²) in [5.74, 6) is 0. The Kier molecular flexibility index (Phi) is 8.70. The summed E-state index contributed by atoms with van der Waals surface area (Å²) >= 11 is 0. The van der Waals surface area contributed by atoms with Crippen LogP contribution in [0.4, 0.5) is 11.4 Å². The lowest BCUT2D eigenvalue weighted by molar-refractivity contribution is 0.918. The van der Waals surface area contributed by atoms with E-state index >= 15 is 0 Å². The molecule has 0 bridgehead atoms. The van der Waals surface area contributed by atoms with Crippen molar-refractivity contribution in [3.05, 3.63) is 224 Å². The molecule has 1 aromatic heterocycles. The van der Waals surface area contributed by atoms with Crippen molar-refractivity contribution in [1.82, 2.24) is 4.57 Å². The second-order valence-electron chi connectivity index (χ2n) is 14.5. The van der Waals surface area contributed by atoms with Crippen molar-refractivity contribution in [2.24, 2.45) is 0 Å². The van der Waals surface area contributed by atoms with Crippen molar-refractivity contribution in [1.29, 1.82) is 0 Å². The van der Waals surface area contributed by atoms with Crippen LogP contribution in [-0.2, 0) is 0 Å². The first kappa shape index (κ1) is 33.4. The highest BCUT2D eigenvalue weighted by Gasteiger charge is 2.18. The Bertz CT molecular complexity index is 2880. The molecule has 266 valence electrons. The summed E-state index contributed by atoms with van der Waals surface area (Å²) in [6.07, 6.45) is 8.74. The van der Waals surface area contributed by atoms with Gasteiger partial charge in [-0.25, -0.2) is 0 Å². The highest BCUT2D eigenvalue weighted by Crippen LogP contribution is 2.39. The molecule has 1 aliphatic rings. The Balaban J connectivity index is 1.09. The van der Waals surface area contributed by atoms with Crippen molar-refractivity contribution < 1.29 is 0 Å². The lowest BCUT2D eigenvalue weighted by Gasteiger charge is -2.29. The van der Waals surface area contributed by atoms with Gasteiger partial charge in [-0.2, -0.15) is 0 Å². The molecule has 0 fully saturated rings. The van der Waals surface area contributed by atoms with Gasteiger partial charge in [-0.05, 0) is 130 Å². The van der Waals surface area contributed by atoms with Gasteiger partial charge >= 0.3 is 0 Å². The summed E-state index contributed by atoms with van der Waals surface area (Å²) in [5, 5.41) is 2.48. The molecule has 8 aromatic carbocycles. The molecule has 2 nitrogen and oxygen atoms in total. The fraction of sp³-hybridized carbons (Fsp3) is 0.0370. The molecule has 0 saturated heterocycles. The number of benzene rings is 8. The Morgan fingerprint density at radius 2 is 0.893 bits per heavy atom. The number of anilines is 2. The van der Waals surface area contributed by atoms with E-state index in [9.17, 15) is 0 Å². The molecule has 10 rings (SSSR count). The molecule has 1 heterocycles. The van der Waals surface area contributed by atoms with Crippen molar-refractivity contribution in [3.63, 3.8) is 0 Å². The second kappa shape index (κ2) is 14.6. The van der Waals surface area contributed by atoms with Gasteiger partial charge in [0.15, 0.2) is 0 Å². The predicted molar refractivity (Wildman–Crippen MR) is 238 cm³/mol. The Hall–Kier alpha value is -7.16. The summed E-state index contributed by atoms with van der Waals surface area (Å²) in [6.45, 7) is 0. The van der Waals surface area contributed by atoms with Crippen LogP contribution in [0.25, 0.3) is 72.0 Å². The van der Waals surface area contributed by atoms with Crippen LogP contribution in [0.15, 0.2) is 224 Å². The quantitative estimate of drug-likeness (QED) is 0.152. The summed E-state index contributed by atoms with van der Waals surface area (Å²) in [4.78, 5) is 2.39. The van der Waals surface area contributed by atoms with E-state index in [-0.39, 0.29) is 0 Å². The van der Waals surface area contributed by atoms with Crippen LogP contribution in [0, 0.1) is 0 Å². The summed E-state index contributed by atoms with van der Waals surface area (Å²) in [6, 6.07) is 72.8. The predicted octanol–water partition coefficient (Wildman–Crippen LogP) is 14.8. The lowest BCUT2D eigenvalue weighted by Crippen LogP contribution is -2.17. The maximum absolute atomic E-state index is 2.44. The molecule has 56 heavy (non-hydrogen) atoms. The number of nitrogens with zero attached hydrogens (tertiary/aromatic N) is 2. The molecule has 0 N–H and O–H groups in total. The normalized spacial score (nSPS) is 12.5. The average molecular weight is 717 g/mol. The zero-order valence-electron chi connectivity index (χ0n) is 31.1. The minimum absolute atomic E-state index is 1.02. The topological polar surface area (TPSA) is 8.17 Å². The number of rotatable bonds is 8. The summed E-state index contributed by atoms with van der Waals surface area (Å²) in [7, 11) is 0. The van der Waals surface area contributed by atoms with Crippen molar-refractivity contribution in [2.45, 2.75) is 12.8 Å². The Morgan fingerprint density at radius 3 is 1.61 bits per heavy atom. The van der Waals surface area contributed by atoms with Crippen LogP contribution in [0.2, 0.25) is 0 Å². The van der Waals surface area contributed by atoms with E-state index in [1.807, 2.05) is 0 Å². The molecular formula is C54H40N2. The van der Waals surface area contributed by atoms with Gasteiger partial charge in [0.2, 0.25) is 0 Å². The molecule has 0 aliphatic heterocycles. The number of hydrogen-bond donors (Lipinski definition) is 0.